The molecule has 5 heteroatoms. The maximum absolute atomic E-state index is 12.6. The zero-order chi connectivity index (χ0) is 18.6. The summed E-state index contributed by atoms with van der Waals surface area (Å²) in [5.41, 5.74) is 5.03. The number of rotatable bonds is 5. The van der Waals surface area contributed by atoms with Gasteiger partial charge < -0.3 is 0 Å². The monoisotopic (exact) mass is 377 g/mol. The van der Waals surface area contributed by atoms with Gasteiger partial charge in [-0.05, 0) is 50.6 Å². The van der Waals surface area contributed by atoms with Crippen molar-refractivity contribution in [3.63, 3.8) is 0 Å². The molecule has 0 bridgehead atoms. The SMILES string of the molecule is Cc1ccc(-c2csc(NC(=O)c3cccc(CN4CCCC4)c3)n2)cc1. The molecule has 2 aromatic carbocycles. The molecule has 0 atom stereocenters. The van der Waals surface area contributed by atoms with Crippen LogP contribution in [0, 0.1) is 6.92 Å². The van der Waals surface area contributed by atoms with Crippen LogP contribution in [0.3, 0.4) is 0 Å². The summed E-state index contributed by atoms with van der Waals surface area (Å²) in [6.45, 7) is 5.28. The third kappa shape index (κ3) is 4.43. The van der Waals surface area contributed by atoms with Gasteiger partial charge in [-0.1, -0.05) is 42.0 Å². The molecule has 1 fully saturated rings. The van der Waals surface area contributed by atoms with Crippen molar-refractivity contribution in [3.05, 3.63) is 70.6 Å². The molecule has 0 saturated carbocycles. The average molecular weight is 378 g/mol. The van der Waals surface area contributed by atoms with Crippen LogP contribution in [0.5, 0.6) is 0 Å². The number of aromatic nitrogens is 1. The third-order valence-electron chi connectivity index (χ3n) is 4.87. The molecule has 1 N–H and O–H groups in total. The van der Waals surface area contributed by atoms with Gasteiger partial charge in [0.1, 0.15) is 0 Å². The van der Waals surface area contributed by atoms with Crippen molar-refractivity contribution in [1.82, 2.24) is 9.88 Å². The standard InChI is InChI=1S/C22H23N3OS/c1-16-7-9-18(10-8-16)20-15-27-22(23-20)24-21(26)19-6-4-5-17(13-19)14-25-11-2-3-12-25/h4-10,13,15H,2-3,11-12,14H2,1H3,(H,23,24,26). The molecule has 1 aromatic heterocycles. The summed E-state index contributed by atoms with van der Waals surface area (Å²) in [5.74, 6) is -0.108. The smallest absolute Gasteiger partial charge is 0.257 e. The Hall–Kier alpha value is -2.50. The number of hydrogen-bond acceptors (Lipinski definition) is 4. The second kappa shape index (κ2) is 8.03. The second-order valence-electron chi connectivity index (χ2n) is 7.04. The van der Waals surface area contributed by atoms with Crippen LogP contribution in [0.2, 0.25) is 0 Å². The van der Waals surface area contributed by atoms with Gasteiger partial charge in [-0.3, -0.25) is 15.0 Å². The van der Waals surface area contributed by atoms with E-state index < -0.39 is 0 Å². The molecule has 1 amide bonds. The minimum atomic E-state index is -0.108. The van der Waals surface area contributed by atoms with Gasteiger partial charge in [0.25, 0.3) is 5.91 Å². The van der Waals surface area contributed by atoms with Gasteiger partial charge in [-0.15, -0.1) is 11.3 Å². The minimum absolute atomic E-state index is 0.108. The molecule has 1 saturated heterocycles. The van der Waals surface area contributed by atoms with Crippen LogP contribution in [0.1, 0.15) is 34.3 Å². The van der Waals surface area contributed by atoms with E-state index in [9.17, 15) is 4.79 Å². The van der Waals surface area contributed by atoms with E-state index in [2.05, 4.69) is 52.5 Å². The molecule has 27 heavy (non-hydrogen) atoms. The zero-order valence-electron chi connectivity index (χ0n) is 15.4. The molecule has 0 unspecified atom stereocenters. The summed E-state index contributed by atoms with van der Waals surface area (Å²) in [4.78, 5) is 19.6. The Balaban J connectivity index is 1.44. The summed E-state index contributed by atoms with van der Waals surface area (Å²) >= 11 is 1.45. The first kappa shape index (κ1) is 17.9. The van der Waals surface area contributed by atoms with E-state index in [1.54, 1.807) is 0 Å². The van der Waals surface area contributed by atoms with Crippen molar-refractivity contribution >= 4 is 22.4 Å². The van der Waals surface area contributed by atoms with Crippen LogP contribution in [0.4, 0.5) is 5.13 Å². The Labute approximate surface area is 163 Å². The highest BCUT2D eigenvalue weighted by Crippen LogP contribution is 2.25. The highest BCUT2D eigenvalue weighted by molar-refractivity contribution is 7.14. The van der Waals surface area contributed by atoms with E-state index in [-0.39, 0.29) is 5.91 Å². The Morgan fingerprint density at radius 2 is 1.93 bits per heavy atom. The molecule has 3 aromatic rings. The van der Waals surface area contributed by atoms with Crippen molar-refractivity contribution in [1.29, 1.82) is 0 Å². The van der Waals surface area contributed by atoms with E-state index in [1.807, 2.05) is 23.6 Å². The van der Waals surface area contributed by atoms with Crippen LogP contribution in [-0.2, 0) is 6.54 Å². The Kier molecular flexibility index (Phi) is 5.32. The number of nitrogens with zero attached hydrogens (tertiary/aromatic N) is 2. The van der Waals surface area contributed by atoms with Gasteiger partial charge in [0.2, 0.25) is 0 Å². The van der Waals surface area contributed by atoms with E-state index in [4.69, 9.17) is 0 Å². The Morgan fingerprint density at radius 3 is 2.70 bits per heavy atom. The lowest BCUT2D eigenvalue weighted by atomic mass is 10.1. The van der Waals surface area contributed by atoms with E-state index in [0.29, 0.717) is 10.7 Å². The Morgan fingerprint density at radius 1 is 1.15 bits per heavy atom. The molecule has 1 aliphatic heterocycles. The fourth-order valence-corrected chi connectivity index (χ4v) is 4.08. The lowest BCUT2D eigenvalue weighted by Gasteiger charge is -2.14. The van der Waals surface area contributed by atoms with Gasteiger partial charge in [0, 0.05) is 23.1 Å². The first-order chi connectivity index (χ1) is 13.2. The summed E-state index contributed by atoms with van der Waals surface area (Å²) in [6.07, 6.45) is 2.54. The number of carbonyl (C=O) groups is 1. The first-order valence-corrected chi connectivity index (χ1v) is 10.2. The Bertz CT molecular complexity index is 927. The molecular formula is C22H23N3OS. The van der Waals surface area contributed by atoms with E-state index in [1.165, 1.54) is 35.3 Å². The van der Waals surface area contributed by atoms with Crippen LogP contribution in [-0.4, -0.2) is 28.9 Å². The lowest BCUT2D eigenvalue weighted by molar-refractivity contribution is 0.102. The van der Waals surface area contributed by atoms with Crippen molar-refractivity contribution in [3.8, 4) is 11.3 Å². The third-order valence-corrected chi connectivity index (χ3v) is 5.62. The van der Waals surface area contributed by atoms with Crippen molar-refractivity contribution in [2.24, 2.45) is 0 Å². The molecule has 138 valence electrons. The van der Waals surface area contributed by atoms with Gasteiger partial charge in [0.15, 0.2) is 5.13 Å². The largest absolute Gasteiger partial charge is 0.299 e. The van der Waals surface area contributed by atoms with Gasteiger partial charge >= 0.3 is 0 Å². The predicted molar refractivity (Wildman–Crippen MR) is 111 cm³/mol. The average Bonchev–Trinajstić information content (AvgIpc) is 3.35. The number of likely N-dealkylation sites (tertiary alicyclic amines) is 1. The van der Waals surface area contributed by atoms with Crippen molar-refractivity contribution < 1.29 is 4.79 Å². The van der Waals surface area contributed by atoms with Crippen LogP contribution < -0.4 is 5.32 Å². The van der Waals surface area contributed by atoms with Gasteiger partial charge in [-0.2, -0.15) is 0 Å². The summed E-state index contributed by atoms with van der Waals surface area (Å²) < 4.78 is 0. The molecule has 1 aliphatic rings. The number of carbonyl (C=O) groups excluding carboxylic acids is 1. The molecular weight excluding hydrogens is 354 g/mol. The first-order valence-electron chi connectivity index (χ1n) is 9.32. The van der Waals surface area contributed by atoms with Crippen LogP contribution >= 0.6 is 11.3 Å². The van der Waals surface area contributed by atoms with Crippen molar-refractivity contribution in [2.45, 2.75) is 26.3 Å². The van der Waals surface area contributed by atoms with Gasteiger partial charge in [0.05, 0.1) is 5.69 Å². The number of hydrogen-bond donors (Lipinski definition) is 1. The molecule has 0 spiro atoms. The topological polar surface area (TPSA) is 45.2 Å². The van der Waals surface area contributed by atoms with Crippen LogP contribution in [0.15, 0.2) is 53.9 Å². The number of thiazole rings is 1. The quantitative estimate of drug-likeness (QED) is 0.683. The zero-order valence-corrected chi connectivity index (χ0v) is 16.3. The van der Waals surface area contributed by atoms with Crippen LogP contribution in [0.25, 0.3) is 11.3 Å². The maximum atomic E-state index is 12.6. The molecule has 0 aliphatic carbocycles. The lowest BCUT2D eigenvalue weighted by Crippen LogP contribution is -2.19. The normalized spacial score (nSPS) is 14.4. The number of nitrogens with one attached hydrogen (secondary N) is 1. The van der Waals surface area contributed by atoms with E-state index >= 15 is 0 Å². The highest BCUT2D eigenvalue weighted by atomic mass is 32.1. The van der Waals surface area contributed by atoms with Crippen molar-refractivity contribution in [2.75, 3.05) is 18.4 Å². The maximum Gasteiger partial charge on any atom is 0.257 e. The number of anilines is 1. The second-order valence-corrected chi connectivity index (χ2v) is 7.90. The predicted octanol–water partition coefficient (Wildman–Crippen LogP) is 4.97. The number of benzene rings is 2. The summed E-state index contributed by atoms with van der Waals surface area (Å²) in [5, 5.41) is 5.54. The molecule has 4 nitrogen and oxygen atoms in total. The fraction of sp³-hybridized carbons (Fsp3) is 0.273. The molecule has 0 radical (unpaired) electrons. The summed E-state index contributed by atoms with van der Waals surface area (Å²) in [6, 6.07) is 16.1. The van der Waals surface area contributed by atoms with Gasteiger partial charge in [-0.25, -0.2) is 4.98 Å². The summed E-state index contributed by atoms with van der Waals surface area (Å²) in [7, 11) is 0. The minimum Gasteiger partial charge on any atom is -0.299 e. The molecule has 2 heterocycles. The highest BCUT2D eigenvalue weighted by Gasteiger charge is 2.14. The number of aryl methyl sites for hydroxylation is 1. The van der Waals surface area contributed by atoms with E-state index in [0.717, 1.165) is 30.9 Å². The number of amides is 1. The fourth-order valence-electron chi connectivity index (χ4n) is 3.37. The molecule has 4 rings (SSSR count).